The maximum absolute atomic E-state index is 12.9. The number of anilines is 1. The lowest BCUT2D eigenvalue weighted by Gasteiger charge is -2.45. The van der Waals surface area contributed by atoms with E-state index in [9.17, 15) is 22.8 Å². The minimum atomic E-state index is -5.08. The Kier molecular flexibility index (Phi) is 8.29. The van der Waals surface area contributed by atoms with Gasteiger partial charge in [0, 0.05) is 55.0 Å². The van der Waals surface area contributed by atoms with E-state index in [4.69, 9.17) is 26.2 Å². The lowest BCUT2D eigenvalue weighted by Crippen LogP contribution is -2.54. The molecule has 0 radical (unpaired) electrons. The van der Waals surface area contributed by atoms with E-state index < -0.39 is 23.9 Å². The predicted molar refractivity (Wildman–Crippen MR) is 123 cm³/mol. The average Bonchev–Trinajstić information content (AvgIpc) is 3.29. The fourth-order valence-electron chi connectivity index (χ4n) is 4.12. The molecule has 2 aromatic rings. The summed E-state index contributed by atoms with van der Waals surface area (Å²) in [6.07, 6.45) is -0.885. The van der Waals surface area contributed by atoms with Gasteiger partial charge in [0.05, 0.1) is 6.54 Å². The van der Waals surface area contributed by atoms with Crippen LogP contribution < -0.4 is 5.32 Å². The summed E-state index contributed by atoms with van der Waals surface area (Å²) in [6, 6.07) is 7.04. The number of aromatic nitrogens is 2. The third kappa shape index (κ3) is 6.35. The van der Waals surface area contributed by atoms with Crippen LogP contribution in [0, 0.1) is 5.92 Å². The summed E-state index contributed by atoms with van der Waals surface area (Å²) in [5.74, 6) is -2.02. The number of piperidine rings is 1. The van der Waals surface area contributed by atoms with Gasteiger partial charge in [-0.1, -0.05) is 31.5 Å². The second kappa shape index (κ2) is 10.9. The molecule has 2 amide bonds. The summed E-state index contributed by atoms with van der Waals surface area (Å²) in [4.78, 5) is 40.6. The van der Waals surface area contributed by atoms with Gasteiger partial charge in [0.2, 0.25) is 5.91 Å². The molecule has 0 aliphatic carbocycles. The number of nitrogens with one attached hydrogen (secondary N) is 1. The molecule has 4 rings (SSSR count). The van der Waals surface area contributed by atoms with Crippen molar-refractivity contribution in [1.29, 1.82) is 0 Å². The molecule has 1 atom stereocenters. The summed E-state index contributed by atoms with van der Waals surface area (Å²) in [6.45, 7) is 5.40. The van der Waals surface area contributed by atoms with Crippen LogP contribution in [-0.4, -0.2) is 62.7 Å². The third-order valence-electron chi connectivity index (χ3n) is 5.86. The third-order valence-corrected chi connectivity index (χ3v) is 6.09. The van der Waals surface area contributed by atoms with Crippen LogP contribution in [0.1, 0.15) is 32.5 Å². The molecule has 196 valence electrons. The lowest BCUT2D eigenvalue weighted by atomic mass is 9.88. The predicted octanol–water partition coefficient (Wildman–Crippen LogP) is 3.68. The molecule has 13 heteroatoms. The minimum Gasteiger partial charge on any atom is -0.475 e. The highest BCUT2D eigenvalue weighted by Crippen LogP contribution is 2.40. The first kappa shape index (κ1) is 27.5. The smallest absolute Gasteiger partial charge is 0.475 e. The number of carboxylic acids is 1. The van der Waals surface area contributed by atoms with Crippen molar-refractivity contribution in [2.45, 2.75) is 51.1 Å². The number of aliphatic carboxylic acids is 1. The number of carbonyl (C=O) groups excluding carboxylic acids is 2. The second-order valence-corrected chi connectivity index (χ2v) is 9.22. The maximum Gasteiger partial charge on any atom is 0.490 e. The molecule has 1 fully saturated rings. The molecule has 2 aliphatic heterocycles. The SMILES string of the molecule is CC(C)C(=O)N1CCC2(CC1)OC(C(=O)Nc1cccc(Cl)c1)Cn1ccnc12.O=C(O)C(F)(F)F. The van der Waals surface area contributed by atoms with Gasteiger partial charge in [0.15, 0.2) is 6.10 Å². The summed E-state index contributed by atoms with van der Waals surface area (Å²) < 4.78 is 40.1. The van der Waals surface area contributed by atoms with Crippen LogP contribution in [0.25, 0.3) is 0 Å². The molecule has 1 aromatic carbocycles. The van der Waals surface area contributed by atoms with Crippen LogP contribution in [0.4, 0.5) is 18.9 Å². The van der Waals surface area contributed by atoms with Crippen molar-refractivity contribution in [3.8, 4) is 0 Å². The van der Waals surface area contributed by atoms with Crippen molar-refractivity contribution < 1.29 is 37.4 Å². The number of halogens is 4. The first-order valence-electron chi connectivity index (χ1n) is 11.2. The monoisotopic (exact) mass is 530 g/mol. The Morgan fingerprint density at radius 2 is 1.89 bits per heavy atom. The number of hydrogen-bond donors (Lipinski definition) is 2. The Labute approximate surface area is 210 Å². The number of hydrogen-bond acceptors (Lipinski definition) is 5. The molecule has 1 aromatic heterocycles. The van der Waals surface area contributed by atoms with E-state index in [2.05, 4.69) is 10.3 Å². The number of benzene rings is 1. The molecule has 36 heavy (non-hydrogen) atoms. The van der Waals surface area contributed by atoms with E-state index >= 15 is 0 Å². The van der Waals surface area contributed by atoms with Crippen LogP contribution in [-0.2, 0) is 31.3 Å². The number of imidazole rings is 1. The number of ether oxygens (including phenoxy) is 1. The van der Waals surface area contributed by atoms with Gasteiger partial charge in [-0.05, 0) is 18.2 Å². The molecule has 3 heterocycles. The first-order chi connectivity index (χ1) is 16.8. The van der Waals surface area contributed by atoms with E-state index in [1.54, 1.807) is 30.5 Å². The zero-order chi connectivity index (χ0) is 26.7. The zero-order valence-electron chi connectivity index (χ0n) is 19.6. The van der Waals surface area contributed by atoms with Crippen LogP contribution >= 0.6 is 11.6 Å². The Morgan fingerprint density at radius 3 is 2.44 bits per heavy atom. The molecular weight excluding hydrogens is 505 g/mol. The van der Waals surface area contributed by atoms with Gasteiger partial charge in [0.25, 0.3) is 5.91 Å². The number of fused-ring (bicyclic) bond motifs is 2. The Hall–Kier alpha value is -3.12. The number of likely N-dealkylation sites (tertiary alicyclic amines) is 1. The average molecular weight is 531 g/mol. The topological polar surface area (TPSA) is 114 Å². The van der Waals surface area contributed by atoms with Crippen molar-refractivity contribution >= 4 is 35.1 Å². The van der Waals surface area contributed by atoms with Gasteiger partial charge in [-0.3, -0.25) is 9.59 Å². The van der Waals surface area contributed by atoms with E-state index in [-0.39, 0.29) is 17.7 Å². The molecule has 0 saturated carbocycles. The summed E-state index contributed by atoms with van der Waals surface area (Å²) in [7, 11) is 0. The van der Waals surface area contributed by atoms with Crippen LogP contribution in [0.2, 0.25) is 5.02 Å². The summed E-state index contributed by atoms with van der Waals surface area (Å²) in [5, 5.41) is 10.6. The van der Waals surface area contributed by atoms with E-state index in [1.807, 2.05) is 29.5 Å². The largest absolute Gasteiger partial charge is 0.490 e. The van der Waals surface area contributed by atoms with Crippen LogP contribution in [0.5, 0.6) is 0 Å². The fraction of sp³-hybridized carbons (Fsp3) is 0.478. The summed E-state index contributed by atoms with van der Waals surface area (Å²) in [5.41, 5.74) is -0.0276. The molecule has 0 bridgehead atoms. The number of nitrogens with zero attached hydrogens (tertiary/aromatic N) is 3. The molecule has 9 nitrogen and oxygen atoms in total. The highest BCUT2D eigenvalue weighted by molar-refractivity contribution is 6.30. The normalized spacial score (nSPS) is 18.8. The minimum absolute atomic E-state index is 0.0328. The molecule has 1 unspecified atom stereocenters. The van der Waals surface area contributed by atoms with Crippen molar-refractivity contribution in [2.24, 2.45) is 5.92 Å². The lowest BCUT2D eigenvalue weighted by molar-refractivity contribution is -0.192. The molecule has 2 aliphatic rings. The number of alkyl halides is 3. The Balaban J connectivity index is 0.000000454. The molecule has 2 N–H and O–H groups in total. The fourth-order valence-corrected chi connectivity index (χ4v) is 4.31. The van der Waals surface area contributed by atoms with Gasteiger partial charge in [-0.25, -0.2) is 9.78 Å². The summed E-state index contributed by atoms with van der Waals surface area (Å²) >= 11 is 6.02. The zero-order valence-corrected chi connectivity index (χ0v) is 20.3. The highest BCUT2D eigenvalue weighted by atomic mass is 35.5. The number of carboxylic acid groups (broad SMARTS) is 1. The van der Waals surface area contributed by atoms with Gasteiger partial charge in [-0.15, -0.1) is 0 Å². The molecule has 1 saturated heterocycles. The number of rotatable bonds is 3. The number of amides is 2. The quantitative estimate of drug-likeness (QED) is 0.626. The van der Waals surface area contributed by atoms with Crippen molar-refractivity contribution in [3.63, 3.8) is 0 Å². The first-order valence-corrected chi connectivity index (χ1v) is 11.5. The van der Waals surface area contributed by atoms with E-state index in [0.29, 0.717) is 43.2 Å². The van der Waals surface area contributed by atoms with Crippen LogP contribution in [0.3, 0.4) is 0 Å². The van der Waals surface area contributed by atoms with Gasteiger partial charge >= 0.3 is 12.1 Å². The van der Waals surface area contributed by atoms with Crippen LogP contribution in [0.15, 0.2) is 36.7 Å². The Morgan fingerprint density at radius 1 is 1.25 bits per heavy atom. The molecule has 1 spiro atoms. The maximum atomic E-state index is 12.9. The van der Waals surface area contributed by atoms with Gasteiger partial charge < -0.3 is 24.6 Å². The van der Waals surface area contributed by atoms with E-state index in [1.165, 1.54) is 0 Å². The van der Waals surface area contributed by atoms with E-state index in [0.717, 1.165) is 5.82 Å². The van der Waals surface area contributed by atoms with Crippen molar-refractivity contribution in [2.75, 3.05) is 18.4 Å². The highest BCUT2D eigenvalue weighted by Gasteiger charge is 2.47. The second-order valence-electron chi connectivity index (χ2n) is 8.79. The number of carbonyl (C=O) groups is 3. The Bertz CT molecular complexity index is 1110. The van der Waals surface area contributed by atoms with Crippen molar-refractivity contribution in [3.05, 3.63) is 47.5 Å². The van der Waals surface area contributed by atoms with Crippen molar-refractivity contribution in [1.82, 2.24) is 14.5 Å². The standard InChI is InChI=1S/C21H25ClN4O3.C2HF3O2/c1-14(2)19(28)25-9-6-21(7-10-25)20-23-8-11-26(20)13-17(29-21)18(27)24-16-5-3-4-15(22)12-16;3-2(4,5)1(6)7/h3-5,8,11-12,14,17H,6-7,9-10,13H2,1-2H3,(H,24,27);(H,6,7). The van der Waals surface area contributed by atoms with Gasteiger partial charge in [-0.2, -0.15) is 13.2 Å². The van der Waals surface area contributed by atoms with Gasteiger partial charge in [0.1, 0.15) is 11.4 Å². The molecular formula is C23H26ClF3N4O5.